The van der Waals surface area contributed by atoms with E-state index in [9.17, 15) is 4.79 Å². The second kappa shape index (κ2) is 8.26. The Morgan fingerprint density at radius 2 is 1.73 bits per heavy atom. The van der Waals surface area contributed by atoms with Gasteiger partial charge in [-0.25, -0.2) is 4.79 Å². The van der Waals surface area contributed by atoms with E-state index in [4.69, 9.17) is 17.0 Å². The number of aryl methyl sites for hydroxylation is 1. The van der Waals surface area contributed by atoms with Crippen molar-refractivity contribution in [2.24, 2.45) is 0 Å². The maximum Gasteiger partial charge on any atom is 0.338 e. The van der Waals surface area contributed by atoms with E-state index in [-0.39, 0.29) is 16.8 Å². The van der Waals surface area contributed by atoms with Crippen molar-refractivity contribution in [3.63, 3.8) is 0 Å². The lowest BCUT2D eigenvalue weighted by atomic mass is 9.62. The molecule has 0 saturated carbocycles. The molecule has 30 heavy (non-hydrogen) atoms. The Hall–Kier alpha value is -2.00. The number of hydrogen-bond donors (Lipinski definition) is 0. The first-order valence-electron chi connectivity index (χ1n) is 10.9. The fourth-order valence-corrected chi connectivity index (χ4v) is 4.83. The largest absolute Gasteiger partial charge is 0.462 e. The Kier molecular flexibility index (Phi) is 6.25. The van der Waals surface area contributed by atoms with Crippen molar-refractivity contribution in [2.45, 2.75) is 78.6 Å². The standard InChI is InChI=1S/C27H34O2S/c1-8-29-25(28)21-10-9-20(30)15-19(21)13-17(2)22-16-24-23(14-18(22)3)26(4,5)11-12-27(24,6)7/h10,13-16H,8-9,11-12H2,1-7H3/b17-13+. The number of thiocarbonyl (C=S) groups is 1. The highest BCUT2D eigenvalue weighted by molar-refractivity contribution is 7.80. The summed E-state index contributed by atoms with van der Waals surface area (Å²) in [5, 5.41) is 0. The van der Waals surface area contributed by atoms with Crippen LogP contribution in [0.1, 0.15) is 83.1 Å². The first-order chi connectivity index (χ1) is 14.0. The van der Waals surface area contributed by atoms with Crippen LogP contribution >= 0.6 is 12.2 Å². The number of benzene rings is 1. The highest BCUT2D eigenvalue weighted by atomic mass is 32.1. The molecule has 0 bridgehead atoms. The SMILES string of the molecule is CCOC(=O)C1=CCC(=S)C=C1/C=C(\C)c1cc2c(cc1C)C(C)(C)CCC2(C)C. The summed E-state index contributed by atoms with van der Waals surface area (Å²) in [5.74, 6) is -0.277. The van der Waals surface area contributed by atoms with Gasteiger partial charge >= 0.3 is 5.97 Å². The molecule has 0 amide bonds. The average molecular weight is 423 g/mol. The van der Waals surface area contributed by atoms with Crippen LogP contribution in [0.5, 0.6) is 0 Å². The van der Waals surface area contributed by atoms with Crippen molar-refractivity contribution < 1.29 is 9.53 Å². The molecule has 1 aromatic rings. The molecule has 1 aromatic carbocycles. The zero-order chi connectivity index (χ0) is 22.3. The van der Waals surface area contributed by atoms with E-state index < -0.39 is 0 Å². The fourth-order valence-electron chi connectivity index (χ4n) is 4.62. The molecule has 0 radical (unpaired) electrons. The summed E-state index contributed by atoms with van der Waals surface area (Å²) in [5.41, 5.74) is 8.38. The van der Waals surface area contributed by atoms with E-state index in [1.807, 2.05) is 19.1 Å². The smallest absolute Gasteiger partial charge is 0.338 e. The predicted octanol–water partition coefficient (Wildman–Crippen LogP) is 6.94. The summed E-state index contributed by atoms with van der Waals surface area (Å²) in [7, 11) is 0. The van der Waals surface area contributed by atoms with Gasteiger partial charge in [0, 0.05) is 11.3 Å². The van der Waals surface area contributed by atoms with Crippen molar-refractivity contribution in [3.05, 3.63) is 63.8 Å². The number of allylic oxidation sites excluding steroid dienone is 4. The molecule has 0 aliphatic heterocycles. The second-order valence-electron chi connectivity index (χ2n) is 9.92. The van der Waals surface area contributed by atoms with Gasteiger partial charge in [-0.05, 0) is 83.9 Å². The summed E-state index contributed by atoms with van der Waals surface area (Å²) in [6, 6.07) is 4.76. The summed E-state index contributed by atoms with van der Waals surface area (Å²) in [4.78, 5) is 13.3. The molecule has 0 saturated heterocycles. The summed E-state index contributed by atoms with van der Waals surface area (Å²) in [6.07, 6.45) is 8.92. The van der Waals surface area contributed by atoms with Gasteiger partial charge in [0.15, 0.2) is 0 Å². The number of rotatable bonds is 4. The van der Waals surface area contributed by atoms with Gasteiger partial charge in [0.1, 0.15) is 0 Å². The highest BCUT2D eigenvalue weighted by Gasteiger charge is 2.37. The minimum Gasteiger partial charge on any atom is -0.462 e. The third-order valence-electron chi connectivity index (χ3n) is 6.62. The third kappa shape index (κ3) is 4.37. The maximum absolute atomic E-state index is 12.4. The monoisotopic (exact) mass is 422 g/mol. The van der Waals surface area contributed by atoms with Gasteiger partial charge in [-0.2, -0.15) is 0 Å². The number of carbonyl (C=O) groups excluding carboxylic acids is 1. The Morgan fingerprint density at radius 3 is 2.33 bits per heavy atom. The topological polar surface area (TPSA) is 26.3 Å². The van der Waals surface area contributed by atoms with Crippen LogP contribution in [0.3, 0.4) is 0 Å². The zero-order valence-electron chi connectivity index (χ0n) is 19.4. The second-order valence-corrected chi connectivity index (χ2v) is 10.4. The predicted molar refractivity (Wildman–Crippen MR) is 130 cm³/mol. The van der Waals surface area contributed by atoms with E-state index in [0.29, 0.717) is 18.6 Å². The summed E-state index contributed by atoms with van der Waals surface area (Å²) >= 11 is 5.42. The van der Waals surface area contributed by atoms with Crippen LogP contribution in [0, 0.1) is 6.92 Å². The summed E-state index contributed by atoms with van der Waals surface area (Å²) in [6.45, 7) is 15.9. The Morgan fingerprint density at radius 1 is 1.13 bits per heavy atom. The van der Waals surface area contributed by atoms with Crippen LogP contribution < -0.4 is 0 Å². The van der Waals surface area contributed by atoms with Crippen LogP contribution in [0.25, 0.3) is 5.57 Å². The number of hydrogen-bond acceptors (Lipinski definition) is 3. The fraction of sp³-hybridized carbons (Fsp3) is 0.481. The van der Waals surface area contributed by atoms with Gasteiger partial charge in [0.05, 0.1) is 12.2 Å². The van der Waals surface area contributed by atoms with Crippen LogP contribution in [0.4, 0.5) is 0 Å². The van der Waals surface area contributed by atoms with E-state index in [1.54, 1.807) is 0 Å². The molecule has 0 N–H and O–H groups in total. The number of carbonyl (C=O) groups is 1. The molecule has 0 fully saturated rings. The molecular formula is C27H34O2S. The van der Waals surface area contributed by atoms with Gasteiger partial charge in [0.25, 0.3) is 0 Å². The lowest BCUT2D eigenvalue weighted by Gasteiger charge is -2.42. The Bertz CT molecular complexity index is 986. The summed E-state index contributed by atoms with van der Waals surface area (Å²) < 4.78 is 5.26. The number of ether oxygens (including phenoxy) is 1. The van der Waals surface area contributed by atoms with Crippen LogP contribution in [-0.4, -0.2) is 17.4 Å². The molecular weight excluding hydrogens is 388 g/mol. The van der Waals surface area contributed by atoms with Gasteiger partial charge in [0.2, 0.25) is 0 Å². The molecule has 3 rings (SSSR count). The van der Waals surface area contributed by atoms with Crippen LogP contribution in [-0.2, 0) is 20.4 Å². The highest BCUT2D eigenvalue weighted by Crippen LogP contribution is 2.47. The third-order valence-corrected chi connectivity index (χ3v) is 6.91. The molecule has 2 aliphatic rings. The van der Waals surface area contributed by atoms with E-state index in [2.05, 4.69) is 59.8 Å². The van der Waals surface area contributed by atoms with Gasteiger partial charge in [-0.15, -0.1) is 0 Å². The van der Waals surface area contributed by atoms with Gasteiger partial charge in [-0.3, -0.25) is 0 Å². The normalized spacial score (nSPS) is 20.2. The van der Waals surface area contributed by atoms with Gasteiger partial charge in [-0.1, -0.05) is 64.2 Å². The maximum atomic E-state index is 12.4. The molecule has 160 valence electrons. The Balaban J connectivity index is 2.07. The first kappa shape index (κ1) is 22.7. The van der Waals surface area contributed by atoms with E-state index in [0.717, 1.165) is 16.0 Å². The molecule has 3 heteroatoms. The van der Waals surface area contributed by atoms with Crippen LogP contribution in [0.2, 0.25) is 0 Å². The van der Waals surface area contributed by atoms with Crippen molar-refractivity contribution in [1.82, 2.24) is 0 Å². The molecule has 2 nitrogen and oxygen atoms in total. The van der Waals surface area contributed by atoms with E-state index in [1.165, 1.54) is 35.1 Å². The van der Waals surface area contributed by atoms with Crippen molar-refractivity contribution in [1.29, 1.82) is 0 Å². The average Bonchev–Trinajstić information content (AvgIpc) is 2.65. The van der Waals surface area contributed by atoms with Crippen molar-refractivity contribution in [3.8, 4) is 0 Å². The van der Waals surface area contributed by atoms with Gasteiger partial charge < -0.3 is 4.74 Å². The molecule has 2 aliphatic carbocycles. The lowest BCUT2D eigenvalue weighted by Crippen LogP contribution is -2.34. The first-order valence-corrected chi connectivity index (χ1v) is 11.3. The quantitative estimate of drug-likeness (QED) is 0.388. The molecule has 0 spiro atoms. The number of esters is 1. The van der Waals surface area contributed by atoms with Crippen LogP contribution in [0.15, 0.2) is 41.5 Å². The Labute approximate surface area is 187 Å². The minimum atomic E-state index is -0.277. The van der Waals surface area contributed by atoms with E-state index >= 15 is 0 Å². The lowest BCUT2D eigenvalue weighted by molar-refractivity contribution is -0.138. The minimum absolute atomic E-state index is 0.162. The molecule has 0 aromatic heterocycles. The molecule has 0 unspecified atom stereocenters. The van der Waals surface area contributed by atoms with Crippen molar-refractivity contribution >= 4 is 28.6 Å². The molecule has 0 heterocycles. The molecule has 0 atom stereocenters. The zero-order valence-corrected chi connectivity index (χ0v) is 20.3. The number of fused-ring (bicyclic) bond motifs is 1. The van der Waals surface area contributed by atoms with Crippen molar-refractivity contribution in [2.75, 3.05) is 6.61 Å².